The molecular formula is C26H29F3O2. The Hall–Kier alpha value is -2.43. The zero-order valence-electron chi connectivity index (χ0n) is 18.2. The van der Waals surface area contributed by atoms with E-state index in [-0.39, 0.29) is 30.3 Å². The Bertz CT molecular complexity index is 997. The van der Waals surface area contributed by atoms with Crippen molar-refractivity contribution in [1.82, 2.24) is 0 Å². The van der Waals surface area contributed by atoms with E-state index in [0.717, 1.165) is 25.7 Å². The van der Waals surface area contributed by atoms with Gasteiger partial charge >= 0.3 is 0 Å². The van der Waals surface area contributed by atoms with E-state index in [1.807, 2.05) is 6.07 Å². The van der Waals surface area contributed by atoms with Crippen molar-refractivity contribution >= 4 is 0 Å². The number of halogens is 3. The second kappa shape index (κ2) is 9.37. The summed E-state index contributed by atoms with van der Waals surface area (Å²) in [6.45, 7) is 4.12. The van der Waals surface area contributed by atoms with Gasteiger partial charge in [-0.25, -0.2) is 4.39 Å². The molecule has 1 unspecified atom stereocenters. The predicted molar refractivity (Wildman–Crippen MR) is 115 cm³/mol. The summed E-state index contributed by atoms with van der Waals surface area (Å²) >= 11 is 0. The molecule has 4 rings (SSSR count). The summed E-state index contributed by atoms with van der Waals surface area (Å²) in [7, 11) is 0. The standard InChI is InChI=1S/C26H29F3O2/c1-3-5-16-6-8-17(9-7-16)10-11-18-12-13-19-14-20-15-21(30-4-2)23(28)24(29)26(20)31-25(19)22(18)27/h6,12-13,15,17H,3-5,7-11,14H2,1-2H3. The van der Waals surface area contributed by atoms with Gasteiger partial charge in [0, 0.05) is 17.5 Å². The lowest BCUT2D eigenvalue weighted by molar-refractivity contribution is 0.306. The third kappa shape index (κ3) is 4.46. The monoisotopic (exact) mass is 430 g/mol. The fraction of sp³-hybridized carbons (Fsp3) is 0.462. The van der Waals surface area contributed by atoms with E-state index < -0.39 is 17.5 Å². The highest BCUT2D eigenvalue weighted by Crippen LogP contribution is 2.43. The van der Waals surface area contributed by atoms with Crippen LogP contribution in [-0.4, -0.2) is 6.61 Å². The zero-order valence-corrected chi connectivity index (χ0v) is 18.2. The maximum absolute atomic E-state index is 15.2. The Morgan fingerprint density at radius 1 is 1.00 bits per heavy atom. The van der Waals surface area contributed by atoms with E-state index in [0.29, 0.717) is 29.0 Å². The van der Waals surface area contributed by atoms with Crippen molar-refractivity contribution in [2.45, 2.75) is 65.2 Å². The molecule has 5 heteroatoms. The summed E-state index contributed by atoms with van der Waals surface area (Å²) in [6.07, 6.45) is 9.83. The molecule has 0 saturated heterocycles. The summed E-state index contributed by atoms with van der Waals surface area (Å²) in [5, 5.41) is 0. The first-order valence-corrected chi connectivity index (χ1v) is 11.3. The maximum Gasteiger partial charge on any atom is 0.205 e. The van der Waals surface area contributed by atoms with E-state index in [1.165, 1.54) is 18.9 Å². The minimum absolute atomic E-state index is 0.0150. The summed E-state index contributed by atoms with van der Waals surface area (Å²) in [6, 6.07) is 5.07. The van der Waals surface area contributed by atoms with Gasteiger partial charge in [0.05, 0.1) is 6.61 Å². The van der Waals surface area contributed by atoms with Gasteiger partial charge in [0.25, 0.3) is 0 Å². The molecule has 0 spiro atoms. The Kier molecular flexibility index (Phi) is 6.59. The molecular weight excluding hydrogens is 401 g/mol. The molecule has 0 amide bonds. The van der Waals surface area contributed by atoms with Gasteiger partial charge in [0.1, 0.15) is 0 Å². The Labute approximate surface area is 182 Å². The quantitative estimate of drug-likeness (QED) is 0.358. The molecule has 0 fully saturated rings. The van der Waals surface area contributed by atoms with E-state index in [1.54, 1.807) is 18.6 Å². The summed E-state index contributed by atoms with van der Waals surface area (Å²) < 4.78 is 54.8. The molecule has 0 aromatic heterocycles. The SMILES string of the molecule is CCCC1=CCC(CCc2ccc3c(c2F)Oc2c(cc(OCC)c(F)c2F)C3)CC1. The third-order valence-electron chi connectivity index (χ3n) is 6.36. The zero-order chi connectivity index (χ0) is 22.0. The first kappa shape index (κ1) is 21.8. The van der Waals surface area contributed by atoms with Crippen molar-refractivity contribution in [1.29, 1.82) is 0 Å². The first-order valence-electron chi connectivity index (χ1n) is 11.3. The number of hydrogen-bond acceptors (Lipinski definition) is 2. The van der Waals surface area contributed by atoms with Crippen LogP contribution in [-0.2, 0) is 12.8 Å². The van der Waals surface area contributed by atoms with Crippen molar-refractivity contribution in [3.63, 3.8) is 0 Å². The number of benzene rings is 2. The van der Waals surface area contributed by atoms with Gasteiger partial charge in [-0.15, -0.1) is 0 Å². The molecule has 0 bridgehead atoms. The fourth-order valence-corrected chi connectivity index (χ4v) is 4.64. The van der Waals surface area contributed by atoms with Crippen LogP contribution in [0.15, 0.2) is 29.8 Å². The van der Waals surface area contributed by atoms with Crippen molar-refractivity contribution in [2.75, 3.05) is 6.61 Å². The Balaban J connectivity index is 1.50. The van der Waals surface area contributed by atoms with Gasteiger partial charge in [0.15, 0.2) is 23.1 Å². The molecule has 166 valence electrons. The average Bonchev–Trinajstić information content (AvgIpc) is 2.77. The lowest BCUT2D eigenvalue weighted by Gasteiger charge is -2.24. The smallest absolute Gasteiger partial charge is 0.205 e. The van der Waals surface area contributed by atoms with Crippen LogP contribution in [0.2, 0.25) is 0 Å². The molecule has 31 heavy (non-hydrogen) atoms. The largest absolute Gasteiger partial charge is 0.491 e. The first-order chi connectivity index (χ1) is 15.0. The van der Waals surface area contributed by atoms with Crippen LogP contribution in [0.4, 0.5) is 13.2 Å². The van der Waals surface area contributed by atoms with Crippen molar-refractivity contribution in [2.24, 2.45) is 5.92 Å². The van der Waals surface area contributed by atoms with Gasteiger partial charge in [-0.2, -0.15) is 8.78 Å². The van der Waals surface area contributed by atoms with Crippen LogP contribution < -0.4 is 9.47 Å². The van der Waals surface area contributed by atoms with E-state index in [2.05, 4.69) is 13.0 Å². The number of fused-ring (bicyclic) bond motifs is 2. The van der Waals surface area contributed by atoms with Gasteiger partial charge in [-0.1, -0.05) is 37.1 Å². The van der Waals surface area contributed by atoms with Crippen LogP contribution in [0.25, 0.3) is 0 Å². The molecule has 2 nitrogen and oxygen atoms in total. The van der Waals surface area contributed by atoms with Crippen molar-refractivity contribution in [3.05, 3.63) is 64.0 Å². The number of ether oxygens (including phenoxy) is 2. The van der Waals surface area contributed by atoms with Crippen LogP contribution in [0, 0.1) is 23.4 Å². The van der Waals surface area contributed by atoms with Crippen LogP contribution in [0.3, 0.4) is 0 Å². The molecule has 2 aromatic rings. The van der Waals surface area contributed by atoms with Crippen molar-refractivity contribution in [3.8, 4) is 17.2 Å². The number of allylic oxidation sites excluding steroid dienone is 2. The predicted octanol–water partition coefficient (Wildman–Crippen LogP) is 7.66. The van der Waals surface area contributed by atoms with Gasteiger partial charge in [0.2, 0.25) is 11.6 Å². The topological polar surface area (TPSA) is 18.5 Å². The molecule has 1 aliphatic heterocycles. The summed E-state index contributed by atoms with van der Waals surface area (Å²) in [5.74, 6) is -2.52. The molecule has 2 aliphatic rings. The molecule has 2 aromatic carbocycles. The maximum atomic E-state index is 15.2. The van der Waals surface area contributed by atoms with Gasteiger partial charge < -0.3 is 9.47 Å². The second-order valence-electron chi connectivity index (χ2n) is 8.52. The van der Waals surface area contributed by atoms with E-state index in [9.17, 15) is 8.78 Å². The molecule has 0 radical (unpaired) electrons. The Morgan fingerprint density at radius 2 is 1.81 bits per heavy atom. The lowest BCUT2D eigenvalue weighted by Crippen LogP contribution is -2.11. The Morgan fingerprint density at radius 3 is 2.52 bits per heavy atom. The molecule has 1 aliphatic carbocycles. The molecule has 1 atom stereocenters. The van der Waals surface area contributed by atoms with E-state index in [4.69, 9.17) is 9.47 Å². The minimum Gasteiger partial charge on any atom is -0.491 e. The number of hydrogen-bond donors (Lipinski definition) is 0. The molecule has 0 N–H and O–H groups in total. The number of rotatable bonds is 7. The van der Waals surface area contributed by atoms with Crippen LogP contribution in [0.1, 0.15) is 69.1 Å². The van der Waals surface area contributed by atoms with Crippen molar-refractivity contribution < 1.29 is 22.6 Å². The van der Waals surface area contributed by atoms with Crippen LogP contribution >= 0.6 is 0 Å². The number of aryl methyl sites for hydroxylation is 1. The average molecular weight is 431 g/mol. The van der Waals surface area contributed by atoms with Gasteiger partial charge in [-0.05, 0) is 63.0 Å². The lowest BCUT2D eigenvalue weighted by atomic mass is 9.84. The van der Waals surface area contributed by atoms with Gasteiger partial charge in [-0.3, -0.25) is 0 Å². The highest BCUT2D eigenvalue weighted by molar-refractivity contribution is 5.54. The minimum atomic E-state index is -1.13. The highest BCUT2D eigenvalue weighted by Gasteiger charge is 2.29. The van der Waals surface area contributed by atoms with E-state index >= 15 is 4.39 Å². The third-order valence-corrected chi connectivity index (χ3v) is 6.36. The fourth-order valence-electron chi connectivity index (χ4n) is 4.64. The summed E-state index contributed by atoms with van der Waals surface area (Å²) in [5.41, 5.74) is 3.20. The van der Waals surface area contributed by atoms with Crippen LogP contribution in [0.5, 0.6) is 17.2 Å². The molecule has 1 heterocycles. The summed E-state index contributed by atoms with van der Waals surface area (Å²) in [4.78, 5) is 0. The second-order valence-corrected chi connectivity index (χ2v) is 8.52. The normalized spacial score (nSPS) is 17.5. The highest BCUT2D eigenvalue weighted by atomic mass is 19.2. The molecule has 0 saturated carbocycles.